The lowest BCUT2D eigenvalue weighted by Crippen LogP contribution is -2.14. The summed E-state index contributed by atoms with van der Waals surface area (Å²) in [6, 6.07) is 9.74. The maximum Gasteiger partial charge on any atom is 0.230 e. The highest BCUT2D eigenvalue weighted by molar-refractivity contribution is 5.71. The van der Waals surface area contributed by atoms with Crippen molar-refractivity contribution in [1.82, 2.24) is 5.01 Å². The third kappa shape index (κ3) is 4.22. The highest BCUT2D eigenvalue weighted by atomic mass is 16.1. The molecule has 0 aliphatic carbocycles. The summed E-state index contributed by atoms with van der Waals surface area (Å²) in [6.45, 7) is 2.40. The van der Waals surface area contributed by atoms with Crippen LogP contribution in [-0.2, 0) is 11.3 Å². The van der Waals surface area contributed by atoms with E-state index in [0.29, 0.717) is 13.0 Å². The first-order valence-electron chi connectivity index (χ1n) is 4.78. The molecule has 0 unspecified atom stereocenters. The molecule has 1 rings (SSSR count). The molecular formula is C12H14N2O. The van der Waals surface area contributed by atoms with Crippen molar-refractivity contribution in [3.05, 3.63) is 48.0 Å². The molecule has 0 radical (unpaired) electrons. The minimum Gasteiger partial charge on any atom is -0.277 e. The fourth-order valence-electron chi connectivity index (χ4n) is 1.09. The summed E-state index contributed by atoms with van der Waals surface area (Å²) in [6.07, 6.45) is 5.95. The van der Waals surface area contributed by atoms with E-state index in [2.05, 4.69) is 5.10 Å². The summed E-state index contributed by atoms with van der Waals surface area (Å²) in [4.78, 5) is 10.7. The Morgan fingerprint density at radius 2 is 2.07 bits per heavy atom. The predicted octanol–water partition coefficient (Wildman–Crippen LogP) is 2.21. The van der Waals surface area contributed by atoms with E-state index in [-0.39, 0.29) is 0 Å². The standard InChI is InChI=1S/C12H14N2O/c1-2-3-9-13-14(11-15)10-12-7-5-4-6-8-12/h2-9,11H,10H2,1H3/b3-2+,13-9-. The fraction of sp³-hybridized carbons (Fsp3) is 0.167. The number of carbonyl (C=O) groups is 1. The van der Waals surface area contributed by atoms with E-state index in [0.717, 1.165) is 5.56 Å². The summed E-state index contributed by atoms with van der Waals surface area (Å²) in [5.74, 6) is 0. The summed E-state index contributed by atoms with van der Waals surface area (Å²) < 4.78 is 0. The van der Waals surface area contributed by atoms with E-state index in [4.69, 9.17) is 0 Å². The summed E-state index contributed by atoms with van der Waals surface area (Å²) in [5.41, 5.74) is 1.06. The lowest BCUT2D eigenvalue weighted by molar-refractivity contribution is -0.118. The van der Waals surface area contributed by atoms with E-state index < -0.39 is 0 Å². The number of amides is 1. The number of hydrogen-bond acceptors (Lipinski definition) is 2. The van der Waals surface area contributed by atoms with Gasteiger partial charge >= 0.3 is 0 Å². The number of rotatable bonds is 5. The third-order valence-corrected chi connectivity index (χ3v) is 1.80. The Bertz CT molecular complexity index is 344. The van der Waals surface area contributed by atoms with Gasteiger partial charge in [-0.25, -0.2) is 5.01 Å². The summed E-state index contributed by atoms with van der Waals surface area (Å²) in [5, 5.41) is 5.34. The van der Waals surface area contributed by atoms with Crippen molar-refractivity contribution >= 4 is 12.6 Å². The van der Waals surface area contributed by atoms with Gasteiger partial charge in [-0.3, -0.25) is 4.79 Å². The molecule has 15 heavy (non-hydrogen) atoms. The van der Waals surface area contributed by atoms with Crippen LogP contribution in [0.15, 0.2) is 47.6 Å². The van der Waals surface area contributed by atoms with Crippen molar-refractivity contribution in [3.63, 3.8) is 0 Å². The van der Waals surface area contributed by atoms with Crippen LogP contribution in [-0.4, -0.2) is 17.6 Å². The SMILES string of the molecule is C/C=C/C=N\N(C=O)Cc1ccccc1. The molecule has 3 heteroatoms. The zero-order chi connectivity index (χ0) is 10.9. The van der Waals surface area contributed by atoms with Crippen LogP contribution in [0.4, 0.5) is 0 Å². The highest BCUT2D eigenvalue weighted by Crippen LogP contribution is 2.02. The van der Waals surface area contributed by atoms with Crippen molar-refractivity contribution < 1.29 is 4.79 Å². The summed E-state index contributed by atoms with van der Waals surface area (Å²) >= 11 is 0. The Hall–Kier alpha value is -1.90. The second-order valence-electron chi connectivity index (χ2n) is 2.98. The molecule has 1 amide bonds. The van der Waals surface area contributed by atoms with Crippen LogP contribution in [0.1, 0.15) is 12.5 Å². The first-order chi connectivity index (χ1) is 7.36. The minimum absolute atomic E-state index is 0.498. The molecule has 0 saturated heterocycles. The monoisotopic (exact) mass is 202 g/mol. The average Bonchev–Trinajstić information content (AvgIpc) is 2.29. The normalized spacial score (nSPS) is 11.0. The number of allylic oxidation sites excluding steroid dienone is 2. The van der Waals surface area contributed by atoms with E-state index in [1.54, 1.807) is 12.3 Å². The van der Waals surface area contributed by atoms with Gasteiger partial charge in [-0.1, -0.05) is 36.4 Å². The molecule has 0 aliphatic heterocycles. The van der Waals surface area contributed by atoms with Crippen LogP contribution in [0.25, 0.3) is 0 Å². The average molecular weight is 202 g/mol. The van der Waals surface area contributed by atoms with Gasteiger partial charge in [0, 0.05) is 6.21 Å². The molecule has 1 aromatic carbocycles. The number of carbonyl (C=O) groups excluding carboxylic acids is 1. The Morgan fingerprint density at radius 3 is 2.67 bits per heavy atom. The van der Waals surface area contributed by atoms with Gasteiger partial charge in [0.1, 0.15) is 0 Å². The maximum absolute atomic E-state index is 10.7. The van der Waals surface area contributed by atoms with Crippen LogP contribution in [0, 0.1) is 0 Å². The van der Waals surface area contributed by atoms with Crippen molar-refractivity contribution in [2.24, 2.45) is 5.10 Å². The second kappa shape index (κ2) is 6.54. The number of benzene rings is 1. The largest absolute Gasteiger partial charge is 0.277 e. The first-order valence-corrected chi connectivity index (χ1v) is 4.78. The molecule has 0 bridgehead atoms. The first kappa shape index (κ1) is 11.2. The molecule has 0 aliphatic rings. The molecule has 0 N–H and O–H groups in total. The van der Waals surface area contributed by atoms with Gasteiger partial charge in [0.05, 0.1) is 6.54 Å². The van der Waals surface area contributed by atoms with Gasteiger partial charge < -0.3 is 0 Å². The van der Waals surface area contributed by atoms with Crippen molar-refractivity contribution in [3.8, 4) is 0 Å². The maximum atomic E-state index is 10.7. The third-order valence-electron chi connectivity index (χ3n) is 1.80. The van der Waals surface area contributed by atoms with Crippen LogP contribution in [0.3, 0.4) is 0 Å². The molecule has 1 aromatic rings. The Morgan fingerprint density at radius 1 is 1.33 bits per heavy atom. The van der Waals surface area contributed by atoms with Gasteiger partial charge in [0.25, 0.3) is 0 Å². The van der Waals surface area contributed by atoms with E-state index in [1.807, 2.05) is 43.3 Å². The van der Waals surface area contributed by atoms with E-state index >= 15 is 0 Å². The zero-order valence-electron chi connectivity index (χ0n) is 8.71. The topological polar surface area (TPSA) is 32.7 Å². The van der Waals surface area contributed by atoms with Crippen molar-refractivity contribution in [1.29, 1.82) is 0 Å². The van der Waals surface area contributed by atoms with E-state index in [9.17, 15) is 4.79 Å². The van der Waals surface area contributed by atoms with E-state index in [1.165, 1.54) is 5.01 Å². The quantitative estimate of drug-likeness (QED) is 0.409. The minimum atomic E-state index is 0.498. The number of hydrazone groups is 1. The Labute approximate surface area is 89.7 Å². The van der Waals surface area contributed by atoms with Gasteiger partial charge in [-0.15, -0.1) is 0 Å². The molecule has 0 spiro atoms. The lowest BCUT2D eigenvalue weighted by Gasteiger charge is -2.09. The Kier molecular flexibility index (Phi) is 4.87. The molecule has 0 saturated carbocycles. The molecule has 0 atom stereocenters. The molecule has 0 heterocycles. The van der Waals surface area contributed by atoms with Gasteiger partial charge in [0.15, 0.2) is 0 Å². The van der Waals surface area contributed by atoms with Gasteiger partial charge in [-0.2, -0.15) is 5.10 Å². The number of hydrogen-bond donors (Lipinski definition) is 0. The molecule has 3 nitrogen and oxygen atoms in total. The highest BCUT2D eigenvalue weighted by Gasteiger charge is 1.98. The lowest BCUT2D eigenvalue weighted by atomic mass is 10.2. The zero-order valence-corrected chi connectivity index (χ0v) is 8.71. The van der Waals surface area contributed by atoms with Crippen LogP contribution in [0.2, 0.25) is 0 Å². The smallest absolute Gasteiger partial charge is 0.230 e. The van der Waals surface area contributed by atoms with Crippen LogP contribution >= 0.6 is 0 Å². The second-order valence-corrected chi connectivity index (χ2v) is 2.98. The van der Waals surface area contributed by atoms with Crippen molar-refractivity contribution in [2.75, 3.05) is 0 Å². The Balaban J connectivity index is 2.58. The molecule has 0 fully saturated rings. The van der Waals surface area contributed by atoms with Crippen molar-refractivity contribution in [2.45, 2.75) is 13.5 Å². The molecular weight excluding hydrogens is 188 g/mol. The predicted molar refractivity (Wildman–Crippen MR) is 61.4 cm³/mol. The van der Waals surface area contributed by atoms with Crippen LogP contribution < -0.4 is 0 Å². The van der Waals surface area contributed by atoms with Gasteiger partial charge in [-0.05, 0) is 18.6 Å². The fourth-order valence-corrected chi connectivity index (χ4v) is 1.09. The summed E-state index contributed by atoms with van der Waals surface area (Å²) in [7, 11) is 0. The number of nitrogens with zero attached hydrogens (tertiary/aromatic N) is 2. The van der Waals surface area contributed by atoms with Crippen LogP contribution in [0.5, 0.6) is 0 Å². The van der Waals surface area contributed by atoms with Gasteiger partial charge in [0.2, 0.25) is 6.41 Å². The molecule has 78 valence electrons. The molecule has 0 aromatic heterocycles.